The van der Waals surface area contributed by atoms with Crippen LogP contribution in [-0.2, 0) is 13.0 Å². The van der Waals surface area contributed by atoms with Gasteiger partial charge in [0.05, 0.1) is 19.2 Å². The molecule has 1 heterocycles. The SMILES string of the molecule is NC(=O)NC(Cc1ccc(Cl)cc1)c1nnn(CCO)n1. The Morgan fingerprint density at radius 3 is 2.76 bits per heavy atom. The van der Waals surface area contributed by atoms with Gasteiger partial charge in [-0.25, -0.2) is 4.79 Å². The molecule has 1 atom stereocenters. The van der Waals surface area contributed by atoms with Crippen molar-refractivity contribution in [1.82, 2.24) is 25.5 Å². The number of rotatable bonds is 6. The maximum atomic E-state index is 11.1. The maximum Gasteiger partial charge on any atom is 0.312 e. The van der Waals surface area contributed by atoms with Crippen molar-refractivity contribution in [1.29, 1.82) is 0 Å². The second-order valence-corrected chi connectivity index (χ2v) is 4.80. The van der Waals surface area contributed by atoms with Gasteiger partial charge in [-0.15, -0.1) is 10.2 Å². The van der Waals surface area contributed by atoms with Gasteiger partial charge in [0.25, 0.3) is 0 Å². The van der Waals surface area contributed by atoms with E-state index in [2.05, 4.69) is 20.7 Å². The predicted molar refractivity (Wildman–Crippen MR) is 75.5 cm³/mol. The minimum absolute atomic E-state index is 0.0963. The van der Waals surface area contributed by atoms with E-state index in [0.29, 0.717) is 17.3 Å². The lowest BCUT2D eigenvalue weighted by Crippen LogP contribution is -2.35. The van der Waals surface area contributed by atoms with Gasteiger partial charge >= 0.3 is 6.03 Å². The van der Waals surface area contributed by atoms with Crippen LogP contribution in [0.15, 0.2) is 24.3 Å². The number of carbonyl (C=O) groups is 1. The zero-order valence-electron chi connectivity index (χ0n) is 11.1. The van der Waals surface area contributed by atoms with Crippen LogP contribution in [0.1, 0.15) is 17.4 Å². The van der Waals surface area contributed by atoms with Crippen molar-refractivity contribution < 1.29 is 9.90 Å². The topological polar surface area (TPSA) is 119 Å². The Morgan fingerprint density at radius 1 is 1.43 bits per heavy atom. The summed E-state index contributed by atoms with van der Waals surface area (Å²) in [6.07, 6.45) is 0.449. The lowest BCUT2D eigenvalue weighted by atomic mass is 10.1. The molecule has 1 aromatic heterocycles. The number of halogens is 1. The molecule has 0 saturated heterocycles. The zero-order chi connectivity index (χ0) is 15.2. The molecular formula is C12H15ClN6O2. The molecule has 2 aromatic rings. The third-order valence-corrected chi connectivity index (χ3v) is 3.00. The van der Waals surface area contributed by atoms with E-state index >= 15 is 0 Å². The van der Waals surface area contributed by atoms with Crippen molar-refractivity contribution in [3.63, 3.8) is 0 Å². The van der Waals surface area contributed by atoms with E-state index in [1.54, 1.807) is 12.1 Å². The fourth-order valence-corrected chi connectivity index (χ4v) is 1.94. The normalized spacial score (nSPS) is 12.1. The number of primary amides is 1. The fourth-order valence-electron chi connectivity index (χ4n) is 1.81. The predicted octanol–water partition coefficient (Wildman–Crippen LogP) is 0.271. The molecule has 0 radical (unpaired) electrons. The number of benzene rings is 1. The average molecular weight is 311 g/mol. The first kappa shape index (κ1) is 15.2. The summed E-state index contributed by atoms with van der Waals surface area (Å²) in [7, 11) is 0. The largest absolute Gasteiger partial charge is 0.394 e. The van der Waals surface area contributed by atoms with E-state index in [1.165, 1.54) is 4.80 Å². The Labute approximate surface area is 125 Å². The van der Waals surface area contributed by atoms with E-state index in [0.717, 1.165) is 5.56 Å². The van der Waals surface area contributed by atoms with Gasteiger partial charge in [-0.1, -0.05) is 23.7 Å². The average Bonchev–Trinajstić information content (AvgIpc) is 2.89. The van der Waals surface area contributed by atoms with Crippen LogP contribution < -0.4 is 11.1 Å². The maximum absolute atomic E-state index is 11.1. The molecule has 0 fully saturated rings. The van der Waals surface area contributed by atoms with Crippen LogP contribution in [-0.4, -0.2) is 38.0 Å². The Kier molecular flexibility index (Phi) is 5.07. The molecule has 0 aliphatic rings. The highest BCUT2D eigenvalue weighted by Crippen LogP contribution is 2.17. The number of aromatic nitrogens is 4. The molecule has 0 aliphatic heterocycles. The van der Waals surface area contributed by atoms with Crippen LogP contribution in [0.3, 0.4) is 0 Å². The first-order chi connectivity index (χ1) is 10.1. The van der Waals surface area contributed by atoms with Gasteiger partial charge in [0.2, 0.25) is 0 Å². The zero-order valence-corrected chi connectivity index (χ0v) is 11.9. The number of aliphatic hydroxyl groups excluding tert-OH is 1. The molecule has 8 nitrogen and oxygen atoms in total. The van der Waals surface area contributed by atoms with Crippen molar-refractivity contribution in [2.24, 2.45) is 5.73 Å². The van der Waals surface area contributed by atoms with Crippen molar-refractivity contribution >= 4 is 17.6 Å². The summed E-state index contributed by atoms with van der Waals surface area (Å²) in [6, 6.07) is 6.03. The second kappa shape index (κ2) is 7.00. The van der Waals surface area contributed by atoms with Crippen molar-refractivity contribution in [3.8, 4) is 0 Å². The smallest absolute Gasteiger partial charge is 0.312 e. The summed E-state index contributed by atoms with van der Waals surface area (Å²) < 4.78 is 0. The molecule has 9 heteroatoms. The minimum Gasteiger partial charge on any atom is -0.394 e. The van der Waals surface area contributed by atoms with E-state index < -0.39 is 12.1 Å². The summed E-state index contributed by atoms with van der Waals surface area (Å²) in [4.78, 5) is 12.4. The quantitative estimate of drug-likeness (QED) is 0.707. The standard InChI is InChI=1S/C12H15ClN6O2/c13-9-3-1-8(2-4-9)7-10(15-12(14)21)11-16-18-19(17-11)5-6-20/h1-4,10,20H,5-7H2,(H3,14,15,21). The third kappa shape index (κ3) is 4.40. The highest BCUT2D eigenvalue weighted by molar-refractivity contribution is 6.30. The van der Waals surface area contributed by atoms with Crippen molar-refractivity contribution in [3.05, 3.63) is 40.7 Å². The van der Waals surface area contributed by atoms with Crippen LogP contribution >= 0.6 is 11.6 Å². The van der Waals surface area contributed by atoms with Gasteiger partial charge < -0.3 is 16.2 Å². The molecular weight excluding hydrogens is 296 g/mol. The lowest BCUT2D eigenvalue weighted by molar-refractivity contribution is 0.244. The van der Waals surface area contributed by atoms with E-state index in [1.807, 2.05) is 12.1 Å². The molecule has 21 heavy (non-hydrogen) atoms. The molecule has 0 spiro atoms. The molecule has 1 unspecified atom stereocenters. The van der Waals surface area contributed by atoms with Crippen molar-refractivity contribution in [2.45, 2.75) is 19.0 Å². The monoisotopic (exact) mass is 310 g/mol. The summed E-state index contributed by atoms with van der Waals surface area (Å²) >= 11 is 5.84. The number of amides is 2. The van der Waals surface area contributed by atoms with Gasteiger partial charge in [0, 0.05) is 11.4 Å². The molecule has 0 bridgehead atoms. The van der Waals surface area contributed by atoms with Crippen LogP contribution in [0, 0.1) is 0 Å². The third-order valence-electron chi connectivity index (χ3n) is 2.75. The van der Waals surface area contributed by atoms with Gasteiger partial charge in [-0.2, -0.15) is 4.80 Å². The first-order valence-electron chi connectivity index (χ1n) is 6.27. The second-order valence-electron chi connectivity index (χ2n) is 4.36. The number of hydrogen-bond acceptors (Lipinski definition) is 5. The fraction of sp³-hybridized carbons (Fsp3) is 0.333. The Balaban J connectivity index is 2.16. The van der Waals surface area contributed by atoms with Gasteiger partial charge in [-0.05, 0) is 22.9 Å². The number of hydrogen-bond donors (Lipinski definition) is 3. The number of nitrogens with one attached hydrogen (secondary N) is 1. The molecule has 112 valence electrons. The lowest BCUT2D eigenvalue weighted by Gasteiger charge is -2.13. The number of urea groups is 1. The molecule has 2 rings (SSSR count). The Bertz CT molecular complexity index is 600. The van der Waals surface area contributed by atoms with E-state index in [4.69, 9.17) is 22.4 Å². The molecule has 4 N–H and O–H groups in total. The highest BCUT2D eigenvalue weighted by atomic mass is 35.5. The number of tetrazole rings is 1. The molecule has 2 amide bonds. The Morgan fingerprint density at radius 2 is 2.14 bits per heavy atom. The summed E-state index contributed by atoms with van der Waals surface area (Å²) in [6.45, 7) is 0.137. The van der Waals surface area contributed by atoms with Gasteiger partial charge in [0.15, 0.2) is 5.82 Å². The molecule has 0 saturated carbocycles. The minimum atomic E-state index is -0.674. The van der Waals surface area contributed by atoms with Crippen LogP contribution in [0.2, 0.25) is 5.02 Å². The number of aliphatic hydroxyl groups is 1. The Hall–Kier alpha value is -2.19. The first-order valence-corrected chi connectivity index (χ1v) is 6.65. The highest BCUT2D eigenvalue weighted by Gasteiger charge is 2.19. The number of nitrogens with zero attached hydrogens (tertiary/aromatic N) is 4. The number of carbonyl (C=O) groups excluding carboxylic acids is 1. The van der Waals surface area contributed by atoms with E-state index in [9.17, 15) is 4.79 Å². The summed E-state index contributed by atoms with van der Waals surface area (Å²) in [5.74, 6) is 0.331. The van der Waals surface area contributed by atoms with E-state index in [-0.39, 0.29) is 13.2 Å². The molecule has 0 aliphatic carbocycles. The summed E-state index contributed by atoms with van der Waals surface area (Å²) in [5, 5.41) is 23.8. The summed E-state index contributed by atoms with van der Waals surface area (Å²) in [5.41, 5.74) is 6.12. The number of nitrogens with two attached hydrogens (primary N) is 1. The van der Waals surface area contributed by atoms with Gasteiger partial charge in [0.1, 0.15) is 0 Å². The molecule has 1 aromatic carbocycles. The van der Waals surface area contributed by atoms with Crippen molar-refractivity contribution in [2.75, 3.05) is 6.61 Å². The van der Waals surface area contributed by atoms with Gasteiger partial charge in [-0.3, -0.25) is 0 Å². The van der Waals surface area contributed by atoms with Crippen LogP contribution in [0.5, 0.6) is 0 Å². The van der Waals surface area contributed by atoms with Crippen LogP contribution in [0.25, 0.3) is 0 Å². The van der Waals surface area contributed by atoms with Crippen LogP contribution in [0.4, 0.5) is 4.79 Å².